The molecule has 4 nitrogen and oxygen atoms in total. The summed E-state index contributed by atoms with van der Waals surface area (Å²) in [5.41, 5.74) is 2.98. The van der Waals surface area contributed by atoms with Gasteiger partial charge in [0, 0.05) is 21.4 Å². The van der Waals surface area contributed by atoms with Gasteiger partial charge < -0.3 is 4.74 Å². The number of hydrogen-bond donors (Lipinski definition) is 0. The molecule has 0 bridgehead atoms. The van der Waals surface area contributed by atoms with Crippen LogP contribution in [0.15, 0.2) is 83.3 Å². The van der Waals surface area contributed by atoms with Gasteiger partial charge in [-0.15, -0.1) is 0 Å². The molecule has 2 heterocycles. The first-order chi connectivity index (χ1) is 13.1. The maximum Gasteiger partial charge on any atom is 0.334 e. The van der Waals surface area contributed by atoms with Gasteiger partial charge in [0.25, 0.3) is 0 Å². The van der Waals surface area contributed by atoms with E-state index in [4.69, 9.17) is 4.74 Å². The average Bonchev–Trinajstić information content (AvgIpc) is 3.36. The number of amides is 2. The number of epoxide rings is 1. The normalized spacial score (nSPS) is 23.5. The average molecular weight is 421 g/mol. The molecule has 2 unspecified atom stereocenters. The molecule has 0 N–H and O–H groups in total. The summed E-state index contributed by atoms with van der Waals surface area (Å²) >= 11 is 3.45. The monoisotopic (exact) mass is 420 g/mol. The van der Waals surface area contributed by atoms with Crippen LogP contribution in [0.3, 0.4) is 0 Å². The zero-order valence-electron chi connectivity index (χ0n) is 14.7. The van der Waals surface area contributed by atoms with E-state index in [1.807, 2.05) is 85.8 Å². The zero-order valence-corrected chi connectivity index (χ0v) is 16.3. The first-order valence-electron chi connectivity index (χ1n) is 8.80. The number of halogens is 1. The Balaban J connectivity index is 1.64. The predicted octanol–water partition coefficient (Wildman–Crippen LogP) is 5.41. The van der Waals surface area contributed by atoms with Crippen LogP contribution in [0.4, 0.5) is 16.2 Å². The van der Waals surface area contributed by atoms with E-state index in [1.54, 1.807) is 9.80 Å². The molecule has 0 radical (unpaired) electrons. The summed E-state index contributed by atoms with van der Waals surface area (Å²) in [7, 11) is 0. The highest BCUT2D eigenvalue weighted by atomic mass is 79.9. The number of fused-ring (bicyclic) bond motifs is 1. The van der Waals surface area contributed by atoms with Crippen LogP contribution in [0, 0.1) is 6.92 Å². The molecule has 5 heteroatoms. The van der Waals surface area contributed by atoms with E-state index in [2.05, 4.69) is 15.9 Å². The fourth-order valence-corrected chi connectivity index (χ4v) is 4.00. The van der Waals surface area contributed by atoms with Gasteiger partial charge in [-0.2, -0.15) is 0 Å². The van der Waals surface area contributed by atoms with Crippen LogP contribution in [0.1, 0.15) is 11.1 Å². The van der Waals surface area contributed by atoms with Gasteiger partial charge in [0.1, 0.15) is 0 Å². The Morgan fingerprint density at radius 3 is 2.19 bits per heavy atom. The minimum Gasteiger partial charge on any atom is -0.317 e. The van der Waals surface area contributed by atoms with Crippen molar-refractivity contribution in [3.63, 3.8) is 0 Å². The van der Waals surface area contributed by atoms with E-state index in [9.17, 15) is 4.79 Å². The standard InChI is InChI=1S/C22H17BrN2O2/c1-15-7-11-19(12-8-15)25-21(26)24(18-13-9-17(23)10-14-18)20-22(25,27-20)16-5-3-2-4-6-16/h2-14,20H,1H3. The number of nitrogens with zero attached hydrogens (tertiary/aromatic N) is 2. The smallest absolute Gasteiger partial charge is 0.317 e. The Labute approximate surface area is 166 Å². The SMILES string of the molecule is Cc1ccc(N2C(=O)N(c3ccc(Br)cc3)C3OC32c2ccccc2)cc1. The minimum atomic E-state index is -0.791. The molecule has 2 amide bonds. The Bertz CT molecular complexity index is 1000. The second-order valence-electron chi connectivity index (χ2n) is 6.83. The lowest BCUT2D eigenvalue weighted by Crippen LogP contribution is -2.40. The first kappa shape index (κ1) is 16.5. The van der Waals surface area contributed by atoms with Crippen molar-refractivity contribution in [2.75, 3.05) is 9.80 Å². The number of urea groups is 1. The van der Waals surface area contributed by atoms with Gasteiger partial charge in [-0.05, 0) is 43.3 Å². The van der Waals surface area contributed by atoms with Crippen LogP contribution in [0.25, 0.3) is 0 Å². The number of hydrogen-bond acceptors (Lipinski definition) is 2. The molecule has 2 fully saturated rings. The molecule has 5 rings (SSSR count). The van der Waals surface area contributed by atoms with Gasteiger partial charge in [-0.3, -0.25) is 9.80 Å². The Hall–Kier alpha value is -2.63. The summed E-state index contributed by atoms with van der Waals surface area (Å²) < 4.78 is 7.18. The van der Waals surface area contributed by atoms with Crippen molar-refractivity contribution in [1.29, 1.82) is 0 Å². The number of carbonyl (C=O) groups is 1. The molecular formula is C22H17BrN2O2. The summed E-state index contributed by atoms with van der Waals surface area (Å²) in [5, 5.41) is 0. The number of benzene rings is 3. The van der Waals surface area contributed by atoms with E-state index < -0.39 is 5.72 Å². The van der Waals surface area contributed by atoms with Crippen molar-refractivity contribution in [1.82, 2.24) is 0 Å². The third-order valence-electron chi connectivity index (χ3n) is 5.12. The molecule has 0 aromatic heterocycles. The van der Waals surface area contributed by atoms with Crippen molar-refractivity contribution in [2.45, 2.75) is 18.9 Å². The molecule has 0 spiro atoms. The van der Waals surface area contributed by atoms with Crippen LogP contribution in [-0.2, 0) is 10.5 Å². The van der Waals surface area contributed by atoms with Gasteiger partial charge in [0.05, 0.1) is 0 Å². The van der Waals surface area contributed by atoms with E-state index in [-0.39, 0.29) is 12.3 Å². The van der Waals surface area contributed by atoms with Crippen molar-refractivity contribution in [3.05, 3.63) is 94.5 Å². The quantitative estimate of drug-likeness (QED) is 0.530. The molecule has 2 saturated heterocycles. The molecule has 2 aliphatic rings. The fraction of sp³-hybridized carbons (Fsp3) is 0.136. The maximum atomic E-state index is 13.5. The minimum absolute atomic E-state index is 0.0821. The third kappa shape index (κ3) is 2.42. The summed E-state index contributed by atoms with van der Waals surface area (Å²) in [4.78, 5) is 17.0. The van der Waals surface area contributed by atoms with Crippen molar-refractivity contribution in [3.8, 4) is 0 Å². The number of aryl methyl sites for hydroxylation is 1. The third-order valence-corrected chi connectivity index (χ3v) is 5.65. The summed E-state index contributed by atoms with van der Waals surface area (Å²) in [5.74, 6) is 0. The van der Waals surface area contributed by atoms with E-state index in [0.717, 1.165) is 27.0 Å². The maximum absolute atomic E-state index is 13.5. The molecule has 2 atom stereocenters. The van der Waals surface area contributed by atoms with Crippen molar-refractivity contribution < 1.29 is 9.53 Å². The molecular weight excluding hydrogens is 404 g/mol. The van der Waals surface area contributed by atoms with Gasteiger partial charge in [-0.25, -0.2) is 4.79 Å². The van der Waals surface area contributed by atoms with Gasteiger partial charge >= 0.3 is 6.03 Å². The second kappa shape index (κ2) is 5.94. The topological polar surface area (TPSA) is 36.1 Å². The molecule has 2 aliphatic heterocycles. The molecule has 0 saturated carbocycles. The largest absolute Gasteiger partial charge is 0.334 e. The van der Waals surface area contributed by atoms with E-state index in [0.29, 0.717) is 0 Å². The number of rotatable bonds is 3. The highest BCUT2D eigenvalue weighted by molar-refractivity contribution is 9.10. The van der Waals surface area contributed by atoms with Gasteiger partial charge in [0.15, 0.2) is 6.23 Å². The fourth-order valence-electron chi connectivity index (χ4n) is 3.74. The zero-order chi connectivity index (χ0) is 18.6. The lowest BCUT2D eigenvalue weighted by Gasteiger charge is -2.27. The molecule has 0 aliphatic carbocycles. The highest BCUT2D eigenvalue weighted by Crippen LogP contribution is 2.58. The van der Waals surface area contributed by atoms with Crippen molar-refractivity contribution >= 4 is 33.3 Å². The molecule has 3 aromatic carbocycles. The van der Waals surface area contributed by atoms with Crippen LogP contribution >= 0.6 is 15.9 Å². The number of carbonyl (C=O) groups excluding carboxylic acids is 1. The lowest BCUT2D eigenvalue weighted by atomic mass is 10.0. The van der Waals surface area contributed by atoms with Gasteiger partial charge in [-0.1, -0.05) is 64.0 Å². The Morgan fingerprint density at radius 1 is 0.889 bits per heavy atom. The van der Waals surface area contributed by atoms with E-state index in [1.165, 1.54) is 0 Å². The molecule has 27 heavy (non-hydrogen) atoms. The Morgan fingerprint density at radius 2 is 1.52 bits per heavy atom. The highest BCUT2D eigenvalue weighted by Gasteiger charge is 2.74. The van der Waals surface area contributed by atoms with E-state index >= 15 is 0 Å². The first-order valence-corrected chi connectivity index (χ1v) is 9.59. The number of ether oxygens (including phenoxy) is 1. The second-order valence-corrected chi connectivity index (χ2v) is 7.75. The van der Waals surface area contributed by atoms with Crippen LogP contribution in [0.5, 0.6) is 0 Å². The summed E-state index contributed by atoms with van der Waals surface area (Å²) in [6, 6.07) is 25.6. The van der Waals surface area contributed by atoms with Crippen LogP contribution < -0.4 is 9.80 Å². The lowest BCUT2D eigenvalue weighted by molar-refractivity contribution is 0.224. The molecule has 3 aromatic rings. The van der Waals surface area contributed by atoms with Crippen molar-refractivity contribution in [2.24, 2.45) is 0 Å². The van der Waals surface area contributed by atoms with Crippen LogP contribution in [-0.4, -0.2) is 12.3 Å². The summed E-state index contributed by atoms with van der Waals surface area (Å²) in [6.45, 7) is 2.03. The summed E-state index contributed by atoms with van der Waals surface area (Å²) in [6.07, 6.45) is -0.352. The number of anilines is 2. The predicted molar refractivity (Wildman–Crippen MR) is 109 cm³/mol. The Kier molecular flexibility index (Phi) is 3.64. The van der Waals surface area contributed by atoms with Crippen LogP contribution in [0.2, 0.25) is 0 Å². The van der Waals surface area contributed by atoms with Gasteiger partial charge in [0.2, 0.25) is 5.72 Å². The molecule has 134 valence electrons.